The molecule has 1 saturated heterocycles. The minimum absolute atomic E-state index is 0.365. The maximum atomic E-state index is 6.15. The lowest BCUT2D eigenvalue weighted by Gasteiger charge is -2.33. The molecule has 2 N–H and O–H groups in total. The molecule has 1 aromatic rings. The van der Waals surface area contributed by atoms with Crippen molar-refractivity contribution in [3.8, 4) is 0 Å². The molecule has 3 unspecified atom stereocenters. The van der Waals surface area contributed by atoms with Crippen molar-refractivity contribution in [2.75, 3.05) is 13.1 Å². The van der Waals surface area contributed by atoms with E-state index in [0.29, 0.717) is 18.0 Å². The van der Waals surface area contributed by atoms with E-state index in [9.17, 15) is 0 Å². The second kappa shape index (κ2) is 4.43. The summed E-state index contributed by atoms with van der Waals surface area (Å²) in [6, 6.07) is 9.94. The highest BCUT2D eigenvalue weighted by molar-refractivity contribution is 5.32. The molecule has 0 aromatic heterocycles. The van der Waals surface area contributed by atoms with Gasteiger partial charge in [0, 0.05) is 25.2 Å². The van der Waals surface area contributed by atoms with Crippen LogP contribution in [0.1, 0.15) is 36.9 Å². The van der Waals surface area contributed by atoms with Gasteiger partial charge in [-0.3, -0.25) is 4.90 Å². The molecule has 1 fully saturated rings. The monoisotopic (exact) mass is 230 g/mol. The van der Waals surface area contributed by atoms with Crippen molar-refractivity contribution in [1.29, 1.82) is 0 Å². The Morgan fingerprint density at radius 1 is 1.24 bits per heavy atom. The Labute approximate surface area is 104 Å². The van der Waals surface area contributed by atoms with E-state index < -0.39 is 0 Å². The summed E-state index contributed by atoms with van der Waals surface area (Å²) in [6.07, 6.45) is 3.88. The number of fused-ring (bicyclic) bond motifs is 1. The van der Waals surface area contributed by atoms with Gasteiger partial charge in [-0.25, -0.2) is 0 Å². The molecule has 3 atom stereocenters. The van der Waals surface area contributed by atoms with Crippen LogP contribution in [-0.4, -0.2) is 24.0 Å². The average Bonchev–Trinajstić information content (AvgIpc) is 2.69. The summed E-state index contributed by atoms with van der Waals surface area (Å²) >= 11 is 0. The predicted molar refractivity (Wildman–Crippen MR) is 70.8 cm³/mol. The Hall–Kier alpha value is -0.860. The van der Waals surface area contributed by atoms with Crippen molar-refractivity contribution < 1.29 is 0 Å². The van der Waals surface area contributed by atoms with Gasteiger partial charge in [0.15, 0.2) is 0 Å². The van der Waals surface area contributed by atoms with E-state index >= 15 is 0 Å². The molecule has 3 rings (SSSR count). The van der Waals surface area contributed by atoms with Gasteiger partial charge in [-0.05, 0) is 36.3 Å². The van der Waals surface area contributed by atoms with Crippen LogP contribution >= 0.6 is 0 Å². The molecular formula is C15H22N2. The van der Waals surface area contributed by atoms with Crippen LogP contribution in [0, 0.1) is 5.92 Å². The molecule has 92 valence electrons. The summed E-state index contributed by atoms with van der Waals surface area (Å²) in [5, 5.41) is 0. The van der Waals surface area contributed by atoms with Crippen LogP contribution in [0.15, 0.2) is 24.3 Å². The minimum Gasteiger partial charge on any atom is -0.326 e. The van der Waals surface area contributed by atoms with Crippen LogP contribution in [0.3, 0.4) is 0 Å². The highest BCUT2D eigenvalue weighted by Gasteiger charge is 2.33. The summed E-state index contributed by atoms with van der Waals surface area (Å²) in [6.45, 7) is 4.51. The SMILES string of the molecule is CC1CN(C2CCCc3ccccc32)CC1N. The van der Waals surface area contributed by atoms with Crippen molar-refractivity contribution in [2.24, 2.45) is 11.7 Å². The van der Waals surface area contributed by atoms with Gasteiger partial charge >= 0.3 is 0 Å². The van der Waals surface area contributed by atoms with E-state index in [1.165, 1.54) is 25.8 Å². The summed E-state index contributed by atoms with van der Waals surface area (Å²) in [7, 11) is 0. The third kappa shape index (κ3) is 2.00. The van der Waals surface area contributed by atoms with E-state index in [1.807, 2.05) is 0 Å². The number of benzene rings is 1. The van der Waals surface area contributed by atoms with E-state index in [1.54, 1.807) is 11.1 Å². The second-order valence-electron chi connectivity index (χ2n) is 5.70. The standard InChI is InChI=1S/C15H22N2/c1-11-9-17(10-14(11)16)15-8-4-6-12-5-2-3-7-13(12)15/h2-3,5,7,11,14-15H,4,6,8-10,16H2,1H3. The van der Waals surface area contributed by atoms with E-state index in [2.05, 4.69) is 36.1 Å². The van der Waals surface area contributed by atoms with E-state index in [0.717, 1.165) is 6.54 Å². The number of hydrogen-bond donors (Lipinski definition) is 1. The van der Waals surface area contributed by atoms with Gasteiger partial charge < -0.3 is 5.73 Å². The van der Waals surface area contributed by atoms with Crippen molar-refractivity contribution >= 4 is 0 Å². The fourth-order valence-electron chi connectivity index (χ4n) is 3.39. The molecule has 1 heterocycles. The molecule has 1 aromatic carbocycles. The van der Waals surface area contributed by atoms with E-state index in [4.69, 9.17) is 5.73 Å². The Morgan fingerprint density at radius 2 is 2.06 bits per heavy atom. The summed E-state index contributed by atoms with van der Waals surface area (Å²) < 4.78 is 0. The molecule has 17 heavy (non-hydrogen) atoms. The highest BCUT2D eigenvalue weighted by atomic mass is 15.2. The number of hydrogen-bond acceptors (Lipinski definition) is 2. The zero-order chi connectivity index (χ0) is 11.8. The number of nitrogens with zero attached hydrogens (tertiary/aromatic N) is 1. The van der Waals surface area contributed by atoms with Gasteiger partial charge in [0.2, 0.25) is 0 Å². The fourth-order valence-corrected chi connectivity index (χ4v) is 3.39. The first-order valence-electron chi connectivity index (χ1n) is 6.83. The smallest absolute Gasteiger partial charge is 0.0351 e. The molecule has 0 spiro atoms. The Bertz CT molecular complexity index is 392. The number of nitrogens with two attached hydrogens (primary N) is 1. The zero-order valence-corrected chi connectivity index (χ0v) is 10.6. The van der Waals surface area contributed by atoms with Crippen molar-refractivity contribution in [1.82, 2.24) is 4.90 Å². The van der Waals surface area contributed by atoms with Gasteiger partial charge in [0.25, 0.3) is 0 Å². The Balaban J connectivity index is 1.86. The van der Waals surface area contributed by atoms with Crippen LogP contribution in [0.25, 0.3) is 0 Å². The van der Waals surface area contributed by atoms with Gasteiger partial charge in [-0.1, -0.05) is 31.2 Å². The molecule has 2 aliphatic rings. The first kappa shape index (κ1) is 11.2. The molecule has 0 saturated carbocycles. The molecule has 2 heteroatoms. The Kier molecular flexibility index (Phi) is 2.93. The topological polar surface area (TPSA) is 29.3 Å². The third-order valence-electron chi connectivity index (χ3n) is 4.48. The normalized spacial score (nSPS) is 33.6. The summed E-state index contributed by atoms with van der Waals surface area (Å²) in [5.74, 6) is 0.643. The number of likely N-dealkylation sites (tertiary alicyclic amines) is 1. The molecule has 1 aliphatic carbocycles. The molecular weight excluding hydrogens is 208 g/mol. The van der Waals surface area contributed by atoms with Crippen molar-refractivity contribution in [2.45, 2.75) is 38.3 Å². The quantitative estimate of drug-likeness (QED) is 0.802. The van der Waals surface area contributed by atoms with Gasteiger partial charge in [-0.2, -0.15) is 0 Å². The highest BCUT2D eigenvalue weighted by Crippen LogP contribution is 2.36. The van der Waals surface area contributed by atoms with Crippen molar-refractivity contribution in [3.05, 3.63) is 35.4 Å². The van der Waals surface area contributed by atoms with Crippen LogP contribution < -0.4 is 5.73 Å². The van der Waals surface area contributed by atoms with Crippen LogP contribution in [0.2, 0.25) is 0 Å². The van der Waals surface area contributed by atoms with Gasteiger partial charge in [0.1, 0.15) is 0 Å². The summed E-state index contributed by atoms with van der Waals surface area (Å²) in [5.41, 5.74) is 9.26. The van der Waals surface area contributed by atoms with Crippen LogP contribution in [0.5, 0.6) is 0 Å². The van der Waals surface area contributed by atoms with Crippen LogP contribution in [0.4, 0.5) is 0 Å². The average molecular weight is 230 g/mol. The second-order valence-corrected chi connectivity index (χ2v) is 5.70. The van der Waals surface area contributed by atoms with Gasteiger partial charge in [0.05, 0.1) is 0 Å². The first-order valence-corrected chi connectivity index (χ1v) is 6.83. The maximum Gasteiger partial charge on any atom is 0.0351 e. The Morgan fingerprint density at radius 3 is 2.82 bits per heavy atom. The molecule has 2 nitrogen and oxygen atoms in total. The molecule has 0 radical (unpaired) electrons. The maximum absolute atomic E-state index is 6.15. The van der Waals surface area contributed by atoms with Crippen molar-refractivity contribution in [3.63, 3.8) is 0 Å². The zero-order valence-electron chi connectivity index (χ0n) is 10.6. The fraction of sp³-hybridized carbons (Fsp3) is 0.600. The molecule has 1 aliphatic heterocycles. The lowest BCUT2D eigenvalue weighted by Crippen LogP contribution is -2.32. The van der Waals surface area contributed by atoms with E-state index in [-0.39, 0.29) is 0 Å². The largest absolute Gasteiger partial charge is 0.326 e. The minimum atomic E-state index is 0.365. The number of rotatable bonds is 1. The third-order valence-corrected chi connectivity index (χ3v) is 4.48. The lowest BCUT2D eigenvalue weighted by atomic mass is 9.87. The predicted octanol–water partition coefficient (Wildman–Crippen LogP) is 2.34. The van der Waals surface area contributed by atoms with Crippen LogP contribution in [-0.2, 0) is 6.42 Å². The lowest BCUT2D eigenvalue weighted by molar-refractivity contribution is 0.214. The first-order chi connectivity index (χ1) is 8.25. The van der Waals surface area contributed by atoms with Gasteiger partial charge in [-0.15, -0.1) is 0 Å². The molecule has 0 amide bonds. The number of aryl methyl sites for hydroxylation is 1. The summed E-state index contributed by atoms with van der Waals surface area (Å²) in [4.78, 5) is 2.60. The molecule has 0 bridgehead atoms.